The predicted molar refractivity (Wildman–Crippen MR) is 129 cm³/mol. The second kappa shape index (κ2) is 10.3. The number of thioether (sulfide) groups is 1. The highest BCUT2D eigenvalue weighted by molar-refractivity contribution is 7.98. The zero-order valence-electron chi connectivity index (χ0n) is 18.5. The molecule has 9 heteroatoms. The molecule has 0 aliphatic heterocycles. The van der Waals surface area contributed by atoms with Crippen LogP contribution in [0.5, 0.6) is 0 Å². The van der Waals surface area contributed by atoms with Crippen LogP contribution in [-0.2, 0) is 4.74 Å². The molecule has 0 saturated carbocycles. The Morgan fingerprint density at radius 3 is 2.68 bits per heavy atom. The van der Waals surface area contributed by atoms with Crippen molar-refractivity contribution in [2.75, 3.05) is 18.2 Å². The Bertz CT molecular complexity index is 1360. The first-order chi connectivity index (χ1) is 16.5. The molecule has 2 heterocycles. The fraction of sp³-hybridized carbons (Fsp3) is 0.120. The van der Waals surface area contributed by atoms with E-state index in [9.17, 15) is 14.0 Å². The van der Waals surface area contributed by atoms with Crippen molar-refractivity contribution in [1.82, 2.24) is 14.8 Å². The normalized spacial score (nSPS) is 10.7. The van der Waals surface area contributed by atoms with Crippen molar-refractivity contribution in [2.45, 2.75) is 11.9 Å². The van der Waals surface area contributed by atoms with E-state index in [1.54, 1.807) is 61.7 Å². The zero-order valence-corrected chi connectivity index (χ0v) is 19.3. The van der Waals surface area contributed by atoms with Gasteiger partial charge in [-0.15, -0.1) is 11.8 Å². The molecule has 0 fully saturated rings. The van der Waals surface area contributed by atoms with Crippen LogP contribution < -0.4 is 5.32 Å². The molecule has 0 saturated heterocycles. The molecular weight excluding hydrogens is 455 g/mol. The lowest BCUT2D eigenvalue weighted by molar-refractivity contribution is 0.0519. The summed E-state index contributed by atoms with van der Waals surface area (Å²) in [6.07, 6.45) is 3.49. The fourth-order valence-electron chi connectivity index (χ4n) is 3.38. The van der Waals surface area contributed by atoms with Gasteiger partial charge in [-0.25, -0.2) is 18.9 Å². The van der Waals surface area contributed by atoms with Gasteiger partial charge >= 0.3 is 5.97 Å². The lowest BCUT2D eigenvalue weighted by Crippen LogP contribution is -2.13. The standard InChI is InChI=1S/C25H21FN4O3S/c1-3-33-25(32)21-15-22(30(29-21)19-10-5-8-17(26)14-19)16-7-4-9-18(13-16)28-23(31)20-11-6-12-27-24(20)34-2/h4-15H,3H2,1-2H3,(H,28,31). The van der Waals surface area contributed by atoms with Crippen LogP contribution in [0, 0.1) is 5.82 Å². The number of anilines is 1. The zero-order chi connectivity index (χ0) is 24.1. The summed E-state index contributed by atoms with van der Waals surface area (Å²) < 4.78 is 20.5. The molecule has 0 aliphatic carbocycles. The molecule has 1 N–H and O–H groups in total. The summed E-state index contributed by atoms with van der Waals surface area (Å²) in [7, 11) is 0. The number of halogens is 1. The number of hydrogen-bond donors (Lipinski definition) is 1. The average Bonchev–Trinajstić information content (AvgIpc) is 3.30. The molecule has 7 nitrogen and oxygen atoms in total. The first-order valence-electron chi connectivity index (χ1n) is 10.4. The first-order valence-corrected chi connectivity index (χ1v) is 11.7. The summed E-state index contributed by atoms with van der Waals surface area (Å²) in [5, 5.41) is 7.87. The van der Waals surface area contributed by atoms with Crippen molar-refractivity contribution < 1.29 is 18.7 Å². The number of aromatic nitrogens is 3. The Balaban J connectivity index is 1.72. The molecule has 34 heavy (non-hydrogen) atoms. The predicted octanol–water partition coefficient (Wildman–Crippen LogP) is 5.22. The highest BCUT2D eigenvalue weighted by Crippen LogP contribution is 2.28. The van der Waals surface area contributed by atoms with E-state index < -0.39 is 11.8 Å². The molecule has 172 valence electrons. The maximum Gasteiger partial charge on any atom is 0.358 e. The summed E-state index contributed by atoms with van der Waals surface area (Å²) in [6.45, 7) is 1.91. The van der Waals surface area contributed by atoms with E-state index in [4.69, 9.17) is 4.74 Å². The van der Waals surface area contributed by atoms with E-state index in [0.29, 0.717) is 33.2 Å². The molecule has 0 atom stereocenters. The van der Waals surface area contributed by atoms with Gasteiger partial charge in [0.2, 0.25) is 0 Å². The van der Waals surface area contributed by atoms with Crippen molar-refractivity contribution in [3.05, 3.63) is 90.0 Å². The SMILES string of the molecule is CCOC(=O)c1cc(-c2cccc(NC(=O)c3cccnc3SC)c2)n(-c2cccc(F)c2)n1. The number of hydrogen-bond acceptors (Lipinski definition) is 6. The third kappa shape index (κ3) is 4.99. The van der Waals surface area contributed by atoms with E-state index >= 15 is 0 Å². The smallest absolute Gasteiger partial charge is 0.358 e. The van der Waals surface area contributed by atoms with Gasteiger partial charge in [-0.05, 0) is 61.7 Å². The van der Waals surface area contributed by atoms with Gasteiger partial charge in [-0.1, -0.05) is 18.2 Å². The number of carbonyl (C=O) groups is 2. The van der Waals surface area contributed by atoms with Gasteiger partial charge in [0, 0.05) is 17.4 Å². The van der Waals surface area contributed by atoms with Crippen molar-refractivity contribution >= 4 is 29.3 Å². The van der Waals surface area contributed by atoms with Crippen LogP contribution >= 0.6 is 11.8 Å². The molecule has 0 bridgehead atoms. The first kappa shape index (κ1) is 23.2. The van der Waals surface area contributed by atoms with Crippen LogP contribution in [0.15, 0.2) is 78.0 Å². The van der Waals surface area contributed by atoms with E-state index in [1.807, 2.05) is 12.3 Å². The molecule has 2 aromatic carbocycles. The van der Waals surface area contributed by atoms with Gasteiger partial charge in [-0.2, -0.15) is 5.10 Å². The Labute approximate surface area is 200 Å². The number of ether oxygens (including phenoxy) is 1. The van der Waals surface area contributed by atoms with Crippen LogP contribution in [0.1, 0.15) is 27.8 Å². The maximum absolute atomic E-state index is 13.9. The fourth-order valence-corrected chi connectivity index (χ4v) is 3.92. The summed E-state index contributed by atoms with van der Waals surface area (Å²) >= 11 is 1.39. The molecule has 4 rings (SSSR count). The average molecular weight is 477 g/mol. The van der Waals surface area contributed by atoms with Crippen molar-refractivity contribution in [1.29, 1.82) is 0 Å². The quantitative estimate of drug-likeness (QED) is 0.291. The Morgan fingerprint density at radius 1 is 1.09 bits per heavy atom. The largest absolute Gasteiger partial charge is 0.461 e. The second-order valence-corrected chi connectivity index (χ2v) is 7.92. The maximum atomic E-state index is 13.9. The Kier molecular flexibility index (Phi) is 7.03. The van der Waals surface area contributed by atoms with Crippen LogP contribution in [0.4, 0.5) is 10.1 Å². The highest BCUT2D eigenvalue weighted by atomic mass is 32.2. The van der Waals surface area contributed by atoms with Crippen LogP contribution in [0.25, 0.3) is 16.9 Å². The second-order valence-electron chi connectivity index (χ2n) is 7.12. The minimum atomic E-state index is -0.579. The van der Waals surface area contributed by atoms with Crippen molar-refractivity contribution in [3.8, 4) is 16.9 Å². The highest BCUT2D eigenvalue weighted by Gasteiger charge is 2.19. The van der Waals surface area contributed by atoms with Crippen molar-refractivity contribution in [2.24, 2.45) is 0 Å². The molecule has 1 amide bonds. The Morgan fingerprint density at radius 2 is 1.91 bits per heavy atom. The van der Waals surface area contributed by atoms with Gasteiger partial charge in [0.1, 0.15) is 10.8 Å². The van der Waals surface area contributed by atoms with Gasteiger partial charge in [-0.3, -0.25) is 4.79 Å². The van der Waals surface area contributed by atoms with Gasteiger partial charge < -0.3 is 10.1 Å². The molecule has 0 radical (unpaired) electrons. The molecule has 4 aromatic rings. The van der Waals surface area contributed by atoms with E-state index in [1.165, 1.54) is 28.6 Å². The van der Waals surface area contributed by atoms with Gasteiger partial charge in [0.15, 0.2) is 5.69 Å². The summed E-state index contributed by atoms with van der Waals surface area (Å²) in [6, 6.07) is 18.0. The number of esters is 1. The molecule has 2 aromatic heterocycles. The minimum absolute atomic E-state index is 0.0931. The van der Waals surface area contributed by atoms with Crippen LogP contribution in [0.3, 0.4) is 0 Å². The molecular formula is C25H21FN4O3S. The molecule has 0 aliphatic rings. The number of carbonyl (C=O) groups excluding carboxylic acids is 2. The Hall–Kier alpha value is -3.98. The van der Waals surface area contributed by atoms with E-state index in [2.05, 4.69) is 15.4 Å². The number of nitrogens with one attached hydrogen (secondary N) is 1. The molecule has 0 unspecified atom stereocenters. The van der Waals surface area contributed by atoms with E-state index in [0.717, 1.165) is 0 Å². The number of benzene rings is 2. The number of pyridine rings is 1. The third-order valence-corrected chi connectivity index (χ3v) is 5.58. The van der Waals surface area contributed by atoms with Crippen LogP contribution in [0.2, 0.25) is 0 Å². The summed E-state index contributed by atoms with van der Waals surface area (Å²) in [5.41, 5.74) is 2.76. The van der Waals surface area contributed by atoms with Crippen molar-refractivity contribution in [3.63, 3.8) is 0 Å². The van der Waals surface area contributed by atoms with Gasteiger partial charge in [0.25, 0.3) is 5.91 Å². The third-order valence-electron chi connectivity index (χ3n) is 4.87. The number of rotatable bonds is 7. The van der Waals surface area contributed by atoms with E-state index in [-0.39, 0.29) is 18.2 Å². The topological polar surface area (TPSA) is 86.1 Å². The van der Waals surface area contributed by atoms with Gasteiger partial charge in [0.05, 0.1) is 23.6 Å². The number of amides is 1. The monoisotopic (exact) mass is 476 g/mol. The minimum Gasteiger partial charge on any atom is -0.461 e. The lowest BCUT2D eigenvalue weighted by atomic mass is 10.1. The van der Waals surface area contributed by atoms with Crippen LogP contribution in [-0.4, -0.2) is 39.5 Å². The summed E-state index contributed by atoms with van der Waals surface area (Å²) in [5.74, 6) is -1.30. The molecule has 0 spiro atoms. The summed E-state index contributed by atoms with van der Waals surface area (Å²) in [4.78, 5) is 29.4. The lowest BCUT2D eigenvalue weighted by Gasteiger charge is -2.11. The number of nitrogens with zero attached hydrogens (tertiary/aromatic N) is 3.